The molecule has 1 aliphatic carbocycles. The van der Waals surface area contributed by atoms with E-state index in [0.717, 1.165) is 25.3 Å². The molecular weight excluding hydrogens is 224 g/mol. The minimum Gasteiger partial charge on any atom is -0.396 e. The third kappa shape index (κ3) is 2.82. The van der Waals surface area contributed by atoms with Gasteiger partial charge in [-0.3, -0.25) is 0 Å². The summed E-state index contributed by atoms with van der Waals surface area (Å²) in [6, 6.07) is 3.59. The van der Waals surface area contributed by atoms with Crippen LogP contribution in [0.2, 0.25) is 0 Å². The number of rotatable bonds is 5. The first-order chi connectivity index (χ1) is 8.15. The van der Waals surface area contributed by atoms with Gasteiger partial charge in [-0.15, -0.1) is 0 Å². The van der Waals surface area contributed by atoms with Gasteiger partial charge >= 0.3 is 0 Å². The highest BCUT2D eigenvalue weighted by Gasteiger charge is 2.35. The Morgan fingerprint density at radius 1 is 1.29 bits per heavy atom. The number of hydrogen-bond donors (Lipinski definition) is 2. The Bertz CT molecular complexity index is 385. The summed E-state index contributed by atoms with van der Waals surface area (Å²) in [5.41, 5.74) is 0.440. The Morgan fingerprint density at radius 2 is 2.06 bits per heavy atom. The van der Waals surface area contributed by atoms with E-state index < -0.39 is 11.6 Å². The Morgan fingerprint density at radius 3 is 2.59 bits per heavy atom. The highest BCUT2D eigenvalue weighted by molar-refractivity contribution is 5.18. The molecule has 1 aromatic rings. The van der Waals surface area contributed by atoms with E-state index in [4.69, 9.17) is 0 Å². The molecule has 0 spiro atoms. The summed E-state index contributed by atoms with van der Waals surface area (Å²) < 4.78 is 26.0. The highest BCUT2D eigenvalue weighted by Crippen LogP contribution is 2.39. The van der Waals surface area contributed by atoms with Gasteiger partial charge in [-0.2, -0.15) is 0 Å². The number of hydrogen-bond acceptors (Lipinski definition) is 2. The fourth-order valence-corrected chi connectivity index (χ4v) is 2.19. The lowest BCUT2D eigenvalue weighted by Gasteiger charge is -2.40. The first kappa shape index (κ1) is 12.5. The number of benzene rings is 1. The molecule has 1 fully saturated rings. The molecule has 0 atom stereocenters. The van der Waals surface area contributed by atoms with Gasteiger partial charge in [0.1, 0.15) is 11.6 Å². The van der Waals surface area contributed by atoms with Crippen LogP contribution in [0.4, 0.5) is 8.78 Å². The Kier molecular flexibility index (Phi) is 3.74. The van der Waals surface area contributed by atoms with Gasteiger partial charge in [0.2, 0.25) is 0 Å². The monoisotopic (exact) mass is 241 g/mol. The zero-order valence-corrected chi connectivity index (χ0v) is 9.68. The molecule has 1 aromatic carbocycles. The van der Waals surface area contributed by atoms with Crippen LogP contribution in [0.5, 0.6) is 0 Å². The van der Waals surface area contributed by atoms with Crippen LogP contribution in [0, 0.1) is 17.0 Å². The van der Waals surface area contributed by atoms with Gasteiger partial charge in [0.15, 0.2) is 0 Å². The van der Waals surface area contributed by atoms with E-state index in [2.05, 4.69) is 5.32 Å². The molecular formula is C13H17F2NO. The van der Waals surface area contributed by atoms with Crippen LogP contribution in [0.15, 0.2) is 18.2 Å². The summed E-state index contributed by atoms with van der Waals surface area (Å²) in [5, 5.41) is 12.4. The quantitative estimate of drug-likeness (QED) is 0.828. The van der Waals surface area contributed by atoms with Crippen LogP contribution in [-0.2, 0) is 6.54 Å². The second-order valence-corrected chi connectivity index (χ2v) is 4.85. The topological polar surface area (TPSA) is 32.3 Å². The van der Waals surface area contributed by atoms with Crippen molar-refractivity contribution in [2.24, 2.45) is 5.41 Å². The number of nitrogens with one attached hydrogen (secondary N) is 1. The van der Waals surface area contributed by atoms with Crippen LogP contribution in [-0.4, -0.2) is 18.3 Å². The van der Waals surface area contributed by atoms with Gasteiger partial charge in [-0.1, -0.05) is 12.5 Å². The van der Waals surface area contributed by atoms with Crippen molar-refractivity contribution in [2.45, 2.75) is 25.8 Å². The predicted octanol–water partition coefficient (Wildman–Crippen LogP) is 2.22. The van der Waals surface area contributed by atoms with Crippen molar-refractivity contribution < 1.29 is 13.9 Å². The van der Waals surface area contributed by atoms with E-state index >= 15 is 0 Å². The van der Waals surface area contributed by atoms with Crippen LogP contribution in [0.1, 0.15) is 24.8 Å². The molecule has 0 aliphatic heterocycles. The molecule has 2 N–H and O–H groups in total. The smallest absolute Gasteiger partial charge is 0.130 e. The van der Waals surface area contributed by atoms with Crippen molar-refractivity contribution in [1.29, 1.82) is 0 Å². The largest absolute Gasteiger partial charge is 0.396 e. The standard InChI is InChI=1S/C13H17F2NO/c14-11-3-2-10(12(15)6-11)7-16-8-13(9-17)4-1-5-13/h2-3,6,16-17H,1,4-5,7-9H2. The molecule has 17 heavy (non-hydrogen) atoms. The third-order valence-electron chi connectivity index (χ3n) is 3.58. The molecule has 0 saturated heterocycles. The minimum absolute atomic E-state index is 0.0174. The van der Waals surface area contributed by atoms with E-state index in [1.54, 1.807) is 0 Å². The van der Waals surface area contributed by atoms with Crippen molar-refractivity contribution in [1.82, 2.24) is 5.32 Å². The summed E-state index contributed by atoms with van der Waals surface area (Å²) in [7, 11) is 0. The lowest BCUT2D eigenvalue weighted by molar-refractivity contribution is 0.0444. The maximum Gasteiger partial charge on any atom is 0.130 e. The van der Waals surface area contributed by atoms with E-state index in [0.29, 0.717) is 18.7 Å². The highest BCUT2D eigenvalue weighted by atomic mass is 19.1. The van der Waals surface area contributed by atoms with E-state index in [9.17, 15) is 13.9 Å². The summed E-state index contributed by atoms with van der Waals surface area (Å²) in [6.45, 7) is 1.22. The van der Waals surface area contributed by atoms with Gasteiger partial charge in [0.05, 0.1) is 0 Å². The maximum absolute atomic E-state index is 13.3. The van der Waals surface area contributed by atoms with Crippen LogP contribution >= 0.6 is 0 Å². The molecule has 0 bridgehead atoms. The van der Waals surface area contributed by atoms with Crippen LogP contribution in [0.25, 0.3) is 0 Å². The van der Waals surface area contributed by atoms with Gasteiger partial charge < -0.3 is 10.4 Å². The molecule has 4 heteroatoms. The van der Waals surface area contributed by atoms with Gasteiger partial charge in [-0.05, 0) is 18.9 Å². The van der Waals surface area contributed by atoms with Crippen molar-refractivity contribution in [2.75, 3.05) is 13.2 Å². The normalized spacial score (nSPS) is 17.8. The Labute approximate surface area is 99.7 Å². The molecule has 2 rings (SSSR count). The minimum atomic E-state index is -0.558. The molecule has 94 valence electrons. The molecule has 0 radical (unpaired) electrons. The number of halogens is 2. The van der Waals surface area contributed by atoms with Crippen molar-refractivity contribution in [3.8, 4) is 0 Å². The van der Waals surface area contributed by atoms with E-state index in [1.165, 1.54) is 12.1 Å². The first-order valence-corrected chi connectivity index (χ1v) is 5.91. The number of aliphatic hydroxyl groups is 1. The van der Waals surface area contributed by atoms with Gasteiger partial charge in [-0.25, -0.2) is 8.78 Å². The van der Waals surface area contributed by atoms with Crippen molar-refractivity contribution in [3.05, 3.63) is 35.4 Å². The lowest BCUT2D eigenvalue weighted by Crippen LogP contribution is -2.42. The second kappa shape index (κ2) is 5.10. The molecule has 2 nitrogen and oxygen atoms in total. The lowest BCUT2D eigenvalue weighted by atomic mass is 9.69. The Hall–Kier alpha value is -1.00. The zero-order valence-electron chi connectivity index (χ0n) is 9.68. The molecule has 0 amide bonds. The average Bonchev–Trinajstić information content (AvgIpc) is 2.25. The summed E-state index contributed by atoms with van der Waals surface area (Å²) >= 11 is 0. The van der Waals surface area contributed by atoms with Crippen LogP contribution < -0.4 is 5.32 Å². The van der Waals surface area contributed by atoms with Gasteiger partial charge in [0, 0.05) is 36.7 Å². The van der Waals surface area contributed by atoms with E-state index in [1.807, 2.05) is 0 Å². The molecule has 0 unspecified atom stereocenters. The van der Waals surface area contributed by atoms with Crippen molar-refractivity contribution >= 4 is 0 Å². The first-order valence-electron chi connectivity index (χ1n) is 5.91. The zero-order chi connectivity index (χ0) is 12.3. The second-order valence-electron chi connectivity index (χ2n) is 4.85. The van der Waals surface area contributed by atoms with Gasteiger partial charge in [0.25, 0.3) is 0 Å². The SMILES string of the molecule is OCC1(CNCc2ccc(F)cc2F)CCC1. The maximum atomic E-state index is 13.3. The third-order valence-corrected chi connectivity index (χ3v) is 3.58. The van der Waals surface area contributed by atoms with E-state index in [-0.39, 0.29) is 12.0 Å². The van der Waals surface area contributed by atoms with Crippen molar-refractivity contribution in [3.63, 3.8) is 0 Å². The molecule has 1 aliphatic rings. The fraction of sp³-hybridized carbons (Fsp3) is 0.538. The Balaban J connectivity index is 1.85. The number of aliphatic hydroxyl groups excluding tert-OH is 1. The summed E-state index contributed by atoms with van der Waals surface area (Å²) in [4.78, 5) is 0. The fourth-order valence-electron chi connectivity index (χ4n) is 2.19. The average molecular weight is 241 g/mol. The van der Waals surface area contributed by atoms with Crippen LogP contribution in [0.3, 0.4) is 0 Å². The summed E-state index contributed by atoms with van der Waals surface area (Å²) in [5.74, 6) is -1.08. The molecule has 1 saturated carbocycles. The predicted molar refractivity (Wildman–Crippen MR) is 61.4 cm³/mol. The molecule has 0 aromatic heterocycles. The summed E-state index contributed by atoms with van der Waals surface area (Å²) in [6.07, 6.45) is 3.18. The molecule has 0 heterocycles.